The second-order valence-electron chi connectivity index (χ2n) is 14.9. The zero-order valence-electron chi connectivity index (χ0n) is 30.9. The van der Waals surface area contributed by atoms with E-state index in [1.807, 2.05) is 11.3 Å². The first-order chi connectivity index (χ1) is 28.3. The molecule has 0 aliphatic rings. The Bertz CT molecular complexity index is 3430. The molecule has 0 fully saturated rings. The number of thiophene rings is 1. The average Bonchev–Trinajstić information content (AvgIpc) is 3.95. The van der Waals surface area contributed by atoms with Crippen molar-refractivity contribution in [2.24, 2.45) is 0 Å². The monoisotopic (exact) mass is 742 g/mol. The number of hydrogen-bond donors (Lipinski definition) is 0. The lowest BCUT2D eigenvalue weighted by atomic mass is 9.98. The van der Waals surface area contributed by atoms with Gasteiger partial charge < -0.3 is 9.30 Å². The van der Waals surface area contributed by atoms with Gasteiger partial charge >= 0.3 is 0 Å². The van der Waals surface area contributed by atoms with Gasteiger partial charge in [0, 0.05) is 58.8 Å². The van der Waals surface area contributed by atoms with Gasteiger partial charge in [-0.15, -0.1) is 11.3 Å². The summed E-state index contributed by atoms with van der Waals surface area (Å²) in [6, 6.07) is 75.5. The highest BCUT2D eigenvalue weighted by Crippen LogP contribution is 2.45. The Morgan fingerprint density at radius 2 is 0.842 bits per heavy atom. The summed E-state index contributed by atoms with van der Waals surface area (Å²) < 4.78 is 5.12. The summed E-state index contributed by atoms with van der Waals surface area (Å²) in [4.78, 5) is 2.37. The number of fused-ring (bicyclic) bond motifs is 9. The lowest BCUT2D eigenvalue weighted by Crippen LogP contribution is -2.09. The molecule has 3 heterocycles. The molecule has 0 unspecified atom stereocenters. The Labute approximate surface area is 334 Å². The van der Waals surface area contributed by atoms with Crippen LogP contribution in [0.3, 0.4) is 0 Å². The summed E-state index contributed by atoms with van der Waals surface area (Å²) in [6.45, 7) is 0. The van der Waals surface area contributed by atoms with Crippen LogP contribution in [0.15, 0.2) is 206 Å². The molecule has 0 N–H and O–H groups in total. The van der Waals surface area contributed by atoms with Crippen molar-refractivity contribution in [2.45, 2.75) is 0 Å². The molecule has 0 amide bonds. The smallest absolute Gasteiger partial charge is 0.0620 e. The van der Waals surface area contributed by atoms with Crippen LogP contribution in [0.4, 0.5) is 17.1 Å². The number of rotatable bonds is 6. The highest BCUT2D eigenvalue weighted by Gasteiger charge is 2.20. The van der Waals surface area contributed by atoms with Crippen LogP contribution in [0.5, 0.6) is 0 Å². The Kier molecular flexibility index (Phi) is 7.13. The summed E-state index contributed by atoms with van der Waals surface area (Å²) in [6.07, 6.45) is 0. The van der Waals surface area contributed by atoms with Gasteiger partial charge in [0.1, 0.15) is 0 Å². The molecule has 0 aliphatic carbocycles. The maximum absolute atomic E-state index is 2.46. The average molecular weight is 743 g/mol. The van der Waals surface area contributed by atoms with E-state index in [4.69, 9.17) is 0 Å². The predicted octanol–water partition coefficient (Wildman–Crippen LogP) is 15.7. The molecule has 0 spiro atoms. The van der Waals surface area contributed by atoms with Crippen LogP contribution in [0.2, 0.25) is 0 Å². The van der Waals surface area contributed by atoms with Crippen LogP contribution >= 0.6 is 11.3 Å². The van der Waals surface area contributed by atoms with Gasteiger partial charge in [-0.1, -0.05) is 152 Å². The van der Waals surface area contributed by atoms with Gasteiger partial charge in [-0.05, 0) is 88.0 Å². The van der Waals surface area contributed by atoms with Crippen LogP contribution in [0.1, 0.15) is 0 Å². The fraction of sp³-hybridized carbons (Fsp3) is 0. The zero-order valence-corrected chi connectivity index (χ0v) is 31.7. The minimum atomic E-state index is 1.11. The molecule has 0 saturated carbocycles. The molecule has 0 aliphatic heterocycles. The van der Waals surface area contributed by atoms with E-state index in [0.29, 0.717) is 0 Å². The first-order valence-electron chi connectivity index (χ1n) is 19.5. The van der Waals surface area contributed by atoms with E-state index in [-0.39, 0.29) is 0 Å². The largest absolute Gasteiger partial charge is 0.311 e. The zero-order chi connectivity index (χ0) is 37.5. The number of nitrogens with zero attached hydrogens (tertiary/aromatic N) is 2. The number of benzene rings is 9. The molecule has 0 saturated heterocycles. The van der Waals surface area contributed by atoms with Crippen LogP contribution < -0.4 is 4.90 Å². The van der Waals surface area contributed by atoms with E-state index in [1.54, 1.807) is 0 Å². The van der Waals surface area contributed by atoms with Gasteiger partial charge in [0.15, 0.2) is 0 Å². The van der Waals surface area contributed by atoms with Crippen molar-refractivity contribution in [3.63, 3.8) is 0 Å². The third-order valence-corrected chi connectivity index (χ3v) is 13.0. The number of aromatic nitrogens is 1. The van der Waals surface area contributed by atoms with Crippen molar-refractivity contribution >= 4 is 86.7 Å². The maximum Gasteiger partial charge on any atom is 0.0620 e. The van der Waals surface area contributed by atoms with Gasteiger partial charge in [0.2, 0.25) is 0 Å². The summed E-state index contributed by atoms with van der Waals surface area (Å²) >= 11 is 1.88. The molecule has 0 atom stereocenters. The third-order valence-electron chi connectivity index (χ3n) is 11.8. The third kappa shape index (κ3) is 4.96. The SMILES string of the molecule is c1ccc(-c2ccc(N(c3ccc(-c4cccc5c4sc4ccccc45)cc3)c3ccc(-c4cccc5c4c4cccc6c7ccccc7n5c64)cc3)cc2)cc1. The van der Waals surface area contributed by atoms with E-state index >= 15 is 0 Å². The van der Waals surface area contributed by atoms with E-state index in [9.17, 15) is 0 Å². The Hall–Kier alpha value is -7.20. The van der Waals surface area contributed by atoms with E-state index in [0.717, 1.165) is 17.1 Å². The summed E-state index contributed by atoms with van der Waals surface area (Å²) in [5, 5.41) is 7.85. The molecule has 57 heavy (non-hydrogen) atoms. The topological polar surface area (TPSA) is 7.65 Å². The van der Waals surface area contributed by atoms with Crippen molar-refractivity contribution in [3.8, 4) is 33.4 Å². The van der Waals surface area contributed by atoms with Gasteiger partial charge in [-0.25, -0.2) is 0 Å². The lowest BCUT2D eigenvalue weighted by molar-refractivity contribution is 1.28. The van der Waals surface area contributed by atoms with Gasteiger partial charge in [0.05, 0.1) is 16.6 Å². The Morgan fingerprint density at radius 1 is 0.333 bits per heavy atom. The van der Waals surface area contributed by atoms with Crippen LogP contribution in [0.25, 0.3) is 91.6 Å². The molecule has 3 heteroatoms. The first-order valence-corrected chi connectivity index (χ1v) is 20.3. The number of anilines is 3. The normalized spacial score (nSPS) is 11.9. The van der Waals surface area contributed by atoms with Crippen molar-refractivity contribution in [1.29, 1.82) is 0 Å². The summed E-state index contributed by atoms with van der Waals surface area (Å²) in [5.41, 5.74) is 14.5. The molecule has 3 aromatic heterocycles. The molecule has 12 rings (SSSR count). The fourth-order valence-corrected chi connectivity index (χ4v) is 10.4. The van der Waals surface area contributed by atoms with Crippen molar-refractivity contribution in [3.05, 3.63) is 206 Å². The van der Waals surface area contributed by atoms with E-state index < -0.39 is 0 Å². The molecule has 0 bridgehead atoms. The first kappa shape index (κ1) is 32.1. The van der Waals surface area contributed by atoms with Crippen molar-refractivity contribution in [2.75, 3.05) is 4.90 Å². The molecular formula is C54H34N2S. The quantitative estimate of drug-likeness (QED) is 0.165. The van der Waals surface area contributed by atoms with Crippen molar-refractivity contribution < 1.29 is 0 Å². The lowest BCUT2D eigenvalue weighted by Gasteiger charge is -2.26. The van der Waals surface area contributed by atoms with Crippen molar-refractivity contribution in [1.82, 2.24) is 4.40 Å². The highest BCUT2D eigenvalue weighted by molar-refractivity contribution is 7.26. The Balaban J connectivity index is 0.970. The summed E-state index contributed by atoms with van der Waals surface area (Å²) in [5.74, 6) is 0. The second kappa shape index (κ2) is 12.7. The highest BCUT2D eigenvalue weighted by atomic mass is 32.1. The molecule has 12 aromatic rings. The van der Waals surface area contributed by atoms with E-state index in [2.05, 4.69) is 216 Å². The predicted molar refractivity (Wildman–Crippen MR) is 245 cm³/mol. The standard InChI is InChI=1S/C54H34N2S/c1-2-11-35(12-3-1)36-23-29-39(30-24-36)55(41-33-27-38(28-34-41)43-16-8-18-47-45-14-5-7-22-51(45)57-54(43)47)40-31-25-37(26-32-40)42-15-10-21-50-52(42)48-19-9-17-46-44-13-4-6-20-49(44)56(50)53(46)48/h1-34H. The van der Waals surface area contributed by atoms with Gasteiger partial charge in [0.25, 0.3) is 0 Å². The van der Waals surface area contributed by atoms with Crippen LogP contribution in [-0.2, 0) is 0 Å². The molecule has 0 radical (unpaired) electrons. The number of hydrogen-bond acceptors (Lipinski definition) is 2. The molecule has 2 nitrogen and oxygen atoms in total. The molecule has 9 aromatic carbocycles. The minimum absolute atomic E-state index is 1.11. The number of para-hydroxylation sites is 2. The maximum atomic E-state index is 2.46. The van der Waals surface area contributed by atoms with Gasteiger partial charge in [-0.2, -0.15) is 0 Å². The Morgan fingerprint density at radius 3 is 1.60 bits per heavy atom. The van der Waals surface area contributed by atoms with Crippen LogP contribution in [-0.4, -0.2) is 4.40 Å². The van der Waals surface area contributed by atoms with Gasteiger partial charge in [-0.3, -0.25) is 0 Å². The fourth-order valence-electron chi connectivity index (χ4n) is 9.16. The van der Waals surface area contributed by atoms with E-state index in [1.165, 1.54) is 91.6 Å². The summed E-state index contributed by atoms with van der Waals surface area (Å²) in [7, 11) is 0. The molecule has 266 valence electrons. The molecular weight excluding hydrogens is 709 g/mol. The second-order valence-corrected chi connectivity index (χ2v) is 15.9. The minimum Gasteiger partial charge on any atom is -0.311 e. The van der Waals surface area contributed by atoms with Crippen LogP contribution in [0, 0.1) is 0 Å².